The molecule has 2 aromatic rings. The first-order valence-electron chi connectivity index (χ1n) is 6.77. The molecular weight excluding hydrogens is 270 g/mol. The first kappa shape index (κ1) is 14.9. The summed E-state index contributed by atoms with van der Waals surface area (Å²) in [5.41, 5.74) is 0.939. The minimum absolute atomic E-state index is 0.144. The highest BCUT2D eigenvalue weighted by Gasteiger charge is 2.17. The summed E-state index contributed by atoms with van der Waals surface area (Å²) in [6.07, 6.45) is 0.742. The number of rotatable bonds is 5. The average Bonchev–Trinajstić information content (AvgIpc) is 2.89. The maximum atomic E-state index is 12.0. The van der Waals surface area contributed by atoms with Crippen LogP contribution in [-0.4, -0.2) is 18.3 Å². The summed E-state index contributed by atoms with van der Waals surface area (Å²) in [7, 11) is 1.61. The molecular formula is C15H19N3O3. The van der Waals surface area contributed by atoms with Gasteiger partial charge in [-0.2, -0.15) is 0 Å². The molecule has 0 fully saturated rings. The number of aryl methyl sites for hydroxylation is 1. The summed E-state index contributed by atoms with van der Waals surface area (Å²) < 4.78 is 10.2. The number of nitrogens with one attached hydrogen (secondary N) is 2. The number of benzene rings is 1. The van der Waals surface area contributed by atoms with Crippen molar-refractivity contribution in [3.05, 3.63) is 41.7 Å². The van der Waals surface area contributed by atoms with E-state index in [-0.39, 0.29) is 12.1 Å². The molecule has 0 aliphatic rings. The topological polar surface area (TPSA) is 76.4 Å². The minimum Gasteiger partial charge on any atom is -0.496 e. The zero-order chi connectivity index (χ0) is 15.2. The van der Waals surface area contributed by atoms with Gasteiger partial charge >= 0.3 is 6.03 Å². The fraction of sp³-hybridized carbons (Fsp3) is 0.333. The number of carbonyl (C=O) groups excluding carboxylic acids is 1. The Morgan fingerprint density at radius 1 is 1.43 bits per heavy atom. The molecule has 0 saturated heterocycles. The zero-order valence-electron chi connectivity index (χ0n) is 12.3. The number of carbonyl (C=O) groups is 1. The van der Waals surface area contributed by atoms with E-state index in [0.29, 0.717) is 11.6 Å². The van der Waals surface area contributed by atoms with Crippen LogP contribution in [0.2, 0.25) is 0 Å². The van der Waals surface area contributed by atoms with E-state index in [4.69, 9.17) is 9.26 Å². The van der Waals surface area contributed by atoms with Crippen molar-refractivity contribution in [1.29, 1.82) is 0 Å². The molecule has 0 bridgehead atoms. The number of hydrogen-bond acceptors (Lipinski definition) is 4. The highest BCUT2D eigenvalue weighted by Crippen LogP contribution is 2.26. The maximum absolute atomic E-state index is 12.0. The Bertz CT molecular complexity index is 610. The first-order chi connectivity index (χ1) is 10.1. The number of methoxy groups -OCH3 is 1. The third-order valence-electron chi connectivity index (χ3n) is 3.10. The monoisotopic (exact) mass is 289 g/mol. The van der Waals surface area contributed by atoms with Crippen LogP contribution < -0.4 is 15.4 Å². The van der Waals surface area contributed by atoms with Crippen molar-refractivity contribution in [2.24, 2.45) is 0 Å². The number of ether oxygens (including phenoxy) is 1. The quantitative estimate of drug-likeness (QED) is 0.885. The van der Waals surface area contributed by atoms with Gasteiger partial charge < -0.3 is 14.6 Å². The smallest absolute Gasteiger partial charge is 0.320 e. The summed E-state index contributed by atoms with van der Waals surface area (Å²) in [6.45, 7) is 3.76. The predicted molar refractivity (Wildman–Crippen MR) is 79.4 cm³/mol. The Balaban J connectivity index is 2.06. The Hall–Kier alpha value is -2.50. The van der Waals surface area contributed by atoms with Crippen molar-refractivity contribution >= 4 is 11.8 Å². The van der Waals surface area contributed by atoms with Crippen LogP contribution in [0.1, 0.15) is 30.7 Å². The molecule has 2 amide bonds. The van der Waals surface area contributed by atoms with Crippen molar-refractivity contribution in [3.63, 3.8) is 0 Å². The van der Waals surface area contributed by atoms with Gasteiger partial charge in [-0.05, 0) is 19.4 Å². The van der Waals surface area contributed by atoms with Crippen LogP contribution >= 0.6 is 0 Å². The molecule has 6 nitrogen and oxygen atoms in total. The zero-order valence-corrected chi connectivity index (χ0v) is 12.3. The second kappa shape index (κ2) is 6.78. The standard InChI is InChI=1S/C15H19N3O3/c1-4-12(11-7-5-6-8-13(11)20-3)16-15(19)17-14-9-10(2)21-18-14/h5-9,12H,4H2,1-3H3,(H2,16,17,18,19)/t12-/m1/s1. The third-order valence-corrected chi connectivity index (χ3v) is 3.10. The Kier molecular flexibility index (Phi) is 4.81. The molecule has 1 aromatic heterocycles. The lowest BCUT2D eigenvalue weighted by molar-refractivity contribution is 0.247. The fourth-order valence-electron chi connectivity index (χ4n) is 2.09. The van der Waals surface area contributed by atoms with Crippen LogP contribution in [0.5, 0.6) is 5.75 Å². The summed E-state index contributed by atoms with van der Waals surface area (Å²) >= 11 is 0. The molecule has 1 atom stereocenters. The van der Waals surface area contributed by atoms with E-state index in [2.05, 4.69) is 15.8 Å². The number of aromatic nitrogens is 1. The van der Waals surface area contributed by atoms with E-state index in [1.54, 1.807) is 20.1 Å². The molecule has 1 aromatic carbocycles. The van der Waals surface area contributed by atoms with E-state index in [1.165, 1.54) is 0 Å². The number of urea groups is 1. The second-order valence-corrected chi connectivity index (χ2v) is 4.62. The number of amides is 2. The summed E-state index contributed by atoms with van der Waals surface area (Å²) in [6, 6.07) is 8.81. The van der Waals surface area contributed by atoms with Crippen LogP contribution in [0.4, 0.5) is 10.6 Å². The van der Waals surface area contributed by atoms with Gasteiger partial charge in [-0.15, -0.1) is 0 Å². The molecule has 2 N–H and O–H groups in total. The van der Waals surface area contributed by atoms with Crippen molar-refractivity contribution in [3.8, 4) is 5.75 Å². The highest BCUT2D eigenvalue weighted by atomic mass is 16.5. The number of para-hydroxylation sites is 1. The van der Waals surface area contributed by atoms with Gasteiger partial charge in [-0.25, -0.2) is 4.79 Å². The minimum atomic E-state index is -0.332. The van der Waals surface area contributed by atoms with E-state index < -0.39 is 0 Å². The van der Waals surface area contributed by atoms with Gasteiger partial charge in [0.25, 0.3) is 0 Å². The second-order valence-electron chi connectivity index (χ2n) is 4.62. The van der Waals surface area contributed by atoms with Crippen molar-refractivity contribution < 1.29 is 14.1 Å². The Morgan fingerprint density at radius 3 is 2.81 bits per heavy atom. The predicted octanol–water partition coefficient (Wildman–Crippen LogP) is 3.26. The van der Waals surface area contributed by atoms with E-state index in [1.807, 2.05) is 31.2 Å². The Labute approximate surface area is 123 Å². The number of anilines is 1. The Morgan fingerprint density at radius 2 is 2.19 bits per heavy atom. The van der Waals surface area contributed by atoms with Crippen molar-refractivity contribution in [2.75, 3.05) is 12.4 Å². The molecule has 6 heteroatoms. The number of nitrogens with zero attached hydrogens (tertiary/aromatic N) is 1. The van der Waals surface area contributed by atoms with Gasteiger partial charge in [-0.1, -0.05) is 30.3 Å². The summed E-state index contributed by atoms with van der Waals surface area (Å²) in [5.74, 6) is 1.78. The molecule has 2 rings (SSSR count). The van der Waals surface area contributed by atoms with Gasteiger partial charge in [0.2, 0.25) is 0 Å². The SMILES string of the molecule is CC[C@@H](NC(=O)Nc1cc(C)on1)c1ccccc1OC. The summed E-state index contributed by atoms with van der Waals surface area (Å²) in [5, 5.41) is 9.27. The van der Waals surface area contributed by atoms with Crippen LogP contribution in [0.15, 0.2) is 34.9 Å². The fourth-order valence-corrected chi connectivity index (χ4v) is 2.09. The van der Waals surface area contributed by atoms with Crippen LogP contribution in [0.25, 0.3) is 0 Å². The highest BCUT2D eigenvalue weighted by molar-refractivity contribution is 5.88. The summed E-state index contributed by atoms with van der Waals surface area (Å²) in [4.78, 5) is 12.0. The molecule has 0 aliphatic carbocycles. The normalized spacial score (nSPS) is 11.8. The van der Waals surface area contributed by atoms with Gasteiger partial charge in [-0.3, -0.25) is 5.32 Å². The van der Waals surface area contributed by atoms with E-state index >= 15 is 0 Å². The first-order valence-corrected chi connectivity index (χ1v) is 6.77. The molecule has 0 spiro atoms. The lowest BCUT2D eigenvalue weighted by Crippen LogP contribution is -2.32. The largest absolute Gasteiger partial charge is 0.496 e. The molecule has 0 aliphatic heterocycles. The number of hydrogen-bond donors (Lipinski definition) is 2. The molecule has 21 heavy (non-hydrogen) atoms. The molecule has 1 heterocycles. The molecule has 112 valence electrons. The van der Waals surface area contributed by atoms with Gasteiger partial charge in [0.15, 0.2) is 5.82 Å². The van der Waals surface area contributed by atoms with Crippen LogP contribution in [0, 0.1) is 6.92 Å². The van der Waals surface area contributed by atoms with Crippen LogP contribution in [0.3, 0.4) is 0 Å². The average molecular weight is 289 g/mol. The van der Waals surface area contributed by atoms with Gasteiger partial charge in [0, 0.05) is 11.6 Å². The molecule has 0 saturated carbocycles. The maximum Gasteiger partial charge on any atom is 0.320 e. The third kappa shape index (κ3) is 3.75. The van der Waals surface area contributed by atoms with Crippen molar-refractivity contribution in [1.82, 2.24) is 10.5 Å². The lowest BCUT2D eigenvalue weighted by Gasteiger charge is -2.19. The van der Waals surface area contributed by atoms with Gasteiger partial charge in [0.05, 0.1) is 13.2 Å². The van der Waals surface area contributed by atoms with E-state index in [9.17, 15) is 4.79 Å². The molecule has 0 radical (unpaired) electrons. The lowest BCUT2D eigenvalue weighted by atomic mass is 10.0. The van der Waals surface area contributed by atoms with Gasteiger partial charge in [0.1, 0.15) is 11.5 Å². The molecule has 0 unspecified atom stereocenters. The van der Waals surface area contributed by atoms with Crippen molar-refractivity contribution in [2.45, 2.75) is 26.3 Å². The van der Waals surface area contributed by atoms with E-state index in [0.717, 1.165) is 17.7 Å². The van der Waals surface area contributed by atoms with Crippen LogP contribution in [-0.2, 0) is 0 Å².